The molecule has 0 aromatic heterocycles. The van der Waals surface area contributed by atoms with Gasteiger partial charge in [0.25, 0.3) is 0 Å². The number of alkyl halides is 1. The standard InChI is InChI=1S/C24H28F2N2O3S/c1-4-16(3)24(29)28-15-21(26)23(27-32(30,31)5-2)22(28)13-17-8-6-9-18(12-17)19-10-7-11-20(25)14-19/h6-12,14,21-23,27H,3-5,13,15H2,1-2H3/t21-,22-,23-/m0/s1. The van der Waals surface area contributed by atoms with Crippen LogP contribution in [0.4, 0.5) is 8.78 Å². The van der Waals surface area contributed by atoms with Crippen LogP contribution in [-0.2, 0) is 21.2 Å². The summed E-state index contributed by atoms with van der Waals surface area (Å²) in [5.74, 6) is -0.916. The molecule has 1 aliphatic heterocycles. The molecule has 0 bridgehead atoms. The lowest BCUT2D eigenvalue weighted by Gasteiger charge is -2.29. The first-order valence-corrected chi connectivity index (χ1v) is 12.3. The molecule has 5 nitrogen and oxygen atoms in total. The fraction of sp³-hybridized carbons (Fsp3) is 0.375. The molecule has 0 aliphatic carbocycles. The summed E-state index contributed by atoms with van der Waals surface area (Å²) < 4.78 is 55.5. The number of amides is 1. The van der Waals surface area contributed by atoms with E-state index in [1.165, 1.54) is 24.0 Å². The maximum atomic E-state index is 15.0. The third-order valence-electron chi connectivity index (χ3n) is 5.79. The number of benzene rings is 2. The van der Waals surface area contributed by atoms with Gasteiger partial charge in [0.15, 0.2) is 0 Å². The van der Waals surface area contributed by atoms with E-state index in [9.17, 15) is 22.0 Å². The van der Waals surface area contributed by atoms with Crippen LogP contribution in [0, 0.1) is 5.82 Å². The van der Waals surface area contributed by atoms with Gasteiger partial charge in [0, 0.05) is 5.57 Å². The topological polar surface area (TPSA) is 66.5 Å². The van der Waals surface area contributed by atoms with Gasteiger partial charge in [-0.2, -0.15) is 0 Å². The normalized spacial score (nSPS) is 21.0. The predicted octanol–water partition coefficient (Wildman–Crippen LogP) is 3.86. The van der Waals surface area contributed by atoms with E-state index in [4.69, 9.17) is 0 Å². The van der Waals surface area contributed by atoms with Gasteiger partial charge in [-0.1, -0.05) is 49.9 Å². The molecule has 1 fully saturated rings. The molecule has 1 aliphatic rings. The molecule has 3 atom stereocenters. The summed E-state index contributed by atoms with van der Waals surface area (Å²) in [6.45, 7) is 6.83. The smallest absolute Gasteiger partial charge is 0.249 e. The zero-order chi connectivity index (χ0) is 23.5. The van der Waals surface area contributed by atoms with Gasteiger partial charge in [-0.25, -0.2) is 21.9 Å². The SMILES string of the molecule is C=C(CC)C(=O)N1C[C@H](F)[C@H](NS(=O)(=O)CC)[C@@H]1Cc1cccc(-c2cccc(F)c2)c1. The van der Waals surface area contributed by atoms with Gasteiger partial charge in [0.05, 0.1) is 24.4 Å². The molecule has 1 saturated heterocycles. The fourth-order valence-corrected chi connectivity index (χ4v) is 4.81. The van der Waals surface area contributed by atoms with Crippen molar-refractivity contribution >= 4 is 15.9 Å². The lowest BCUT2D eigenvalue weighted by molar-refractivity contribution is -0.128. The van der Waals surface area contributed by atoms with Crippen LogP contribution in [0.5, 0.6) is 0 Å². The molecular weight excluding hydrogens is 434 g/mol. The highest BCUT2D eigenvalue weighted by Crippen LogP contribution is 2.29. The Morgan fingerprint density at radius 2 is 1.81 bits per heavy atom. The lowest BCUT2D eigenvalue weighted by atomic mass is 9.96. The summed E-state index contributed by atoms with van der Waals surface area (Å²) in [5, 5.41) is 0. The Hall–Kier alpha value is -2.58. The number of hydrogen-bond donors (Lipinski definition) is 1. The second-order valence-electron chi connectivity index (χ2n) is 7.96. The number of likely N-dealkylation sites (tertiary alicyclic amines) is 1. The Balaban J connectivity index is 1.95. The number of hydrogen-bond acceptors (Lipinski definition) is 3. The van der Waals surface area contributed by atoms with Gasteiger partial charge in [-0.3, -0.25) is 4.79 Å². The summed E-state index contributed by atoms with van der Waals surface area (Å²) in [4.78, 5) is 14.3. The number of nitrogens with one attached hydrogen (secondary N) is 1. The van der Waals surface area contributed by atoms with E-state index in [2.05, 4.69) is 11.3 Å². The van der Waals surface area contributed by atoms with Crippen LogP contribution < -0.4 is 4.72 Å². The van der Waals surface area contributed by atoms with Gasteiger partial charge < -0.3 is 4.90 Å². The maximum absolute atomic E-state index is 15.0. The highest BCUT2D eigenvalue weighted by atomic mass is 32.2. The minimum atomic E-state index is -3.68. The molecule has 0 unspecified atom stereocenters. The number of rotatable bonds is 8. The number of halogens is 2. The fourth-order valence-electron chi connectivity index (χ4n) is 3.93. The van der Waals surface area contributed by atoms with E-state index in [1.54, 1.807) is 25.1 Å². The molecule has 8 heteroatoms. The average molecular weight is 463 g/mol. The molecule has 2 aromatic rings. The molecule has 172 valence electrons. The van der Waals surface area contributed by atoms with Crippen molar-refractivity contribution in [1.29, 1.82) is 0 Å². The number of nitrogens with zero attached hydrogens (tertiary/aromatic N) is 1. The van der Waals surface area contributed by atoms with Crippen LogP contribution in [0.1, 0.15) is 25.8 Å². The summed E-state index contributed by atoms with van der Waals surface area (Å²) in [6, 6.07) is 11.7. The van der Waals surface area contributed by atoms with E-state index >= 15 is 0 Å². The number of sulfonamides is 1. The van der Waals surface area contributed by atoms with Crippen molar-refractivity contribution < 1.29 is 22.0 Å². The Kier molecular flexibility index (Phi) is 7.46. The first kappa shape index (κ1) is 24.1. The summed E-state index contributed by atoms with van der Waals surface area (Å²) in [5.41, 5.74) is 2.59. The van der Waals surface area contributed by atoms with E-state index in [0.29, 0.717) is 17.6 Å². The Bertz CT molecular complexity index is 1100. The zero-order valence-corrected chi connectivity index (χ0v) is 19.0. The Morgan fingerprint density at radius 1 is 1.16 bits per heavy atom. The van der Waals surface area contributed by atoms with E-state index in [0.717, 1.165) is 11.1 Å². The second-order valence-corrected chi connectivity index (χ2v) is 10.0. The molecule has 2 aromatic carbocycles. The van der Waals surface area contributed by atoms with Crippen LogP contribution in [-0.4, -0.2) is 49.8 Å². The minimum absolute atomic E-state index is 0.187. The third-order valence-corrected chi connectivity index (χ3v) is 7.18. The Labute approximate surface area is 188 Å². The molecule has 1 amide bonds. The van der Waals surface area contributed by atoms with E-state index in [1.807, 2.05) is 18.2 Å². The van der Waals surface area contributed by atoms with Crippen molar-refractivity contribution in [1.82, 2.24) is 9.62 Å². The van der Waals surface area contributed by atoms with Gasteiger partial charge in [-0.05, 0) is 48.6 Å². The predicted molar refractivity (Wildman–Crippen MR) is 122 cm³/mol. The zero-order valence-electron chi connectivity index (χ0n) is 18.2. The average Bonchev–Trinajstić information content (AvgIpc) is 3.07. The van der Waals surface area contributed by atoms with Crippen molar-refractivity contribution in [3.8, 4) is 11.1 Å². The van der Waals surface area contributed by atoms with Crippen LogP contribution in [0.3, 0.4) is 0 Å². The molecule has 0 radical (unpaired) electrons. The third kappa shape index (κ3) is 5.42. The van der Waals surface area contributed by atoms with Crippen LogP contribution in [0.2, 0.25) is 0 Å². The molecule has 0 saturated carbocycles. The van der Waals surface area contributed by atoms with Gasteiger partial charge in [-0.15, -0.1) is 0 Å². The molecular formula is C24H28F2N2O3S. The maximum Gasteiger partial charge on any atom is 0.249 e. The van der Waals surface area contributed by atoms with Crippen molar-refractivity contribution in [2.45, 2.75) is 44.9 Å². The first-order chi connectivity index (χ1) is 15.1. The van der Waals surface area contributed by atoms with Crippen molar-refractivity contribution in [3.05, 3.63) is 72.1 Å². The quantitative estimate of drug-likeness (QED) is 0.606. The molecule has 32 heavy (non-hydrogen) atoms. The minimum Gasteiger partial charge on any atom is -0.331 e. The molecule has 1 heterocycles. The monoisotopic (exact) mass is 462 g/mol. The molecule has 3 rings (SSSR count). The number of carbonyl (C=O) groups excluding carboxylic acids is 1. The largest absolute Gasteiger partial charge is 0.331 e. The summed E-state index contributed by atoms with van der Waals surface area (Å²) >= 11 is 0. The van der Waals surface area contributed by atoms with Gasteiger partial charge >= 0.3 is 0 Å². The number of carbonyl (C=O) groups is 1. The summed E-state index contributed by atoms with van der Waals surface area (Å²) in [7, 11) is -3.68. The van der Waals surface area contributed by atoms with E-state index in [-0.39, 0.29) is 30.4 Å². The first-order valence-electron chi connectivity index (χ1n) is 10.6. The van der Waals surface area contributed by atoms with Crippen molar-refractivity contribution in [3.63, 3.8) is 0 Å². The Morgan fingerprint density at radius 3 is 2.44 bits per heavy atom. The summed E-state index contributed by atoms with van der Waals surface area (Å²) in [6.07, 6.45) is -0.885. The van der Waals surface area contributed by atoms with Crippen LogP contribution >= 0.6 is 0 Å². The van der Waals surface area contributed by atoms with Crippen LogP contribution in [0.15, 0.2) is 60.7 Å². The molecule has 1 N–H and O–H groups in total. The lowest BCUT2D eigenvalue weighted by Crippen LogP contribution is -2.50. The van der Waals surface area contributed by atoms with Crippen molar-refractivity contribution in [2.75, 3.05) is 12.3 Å². The van der Waals surface area contributed by atoms with E-state index < -0.39 is 28.3 Å². The highest BCUT2D eigenvalue weighted by molar-refractivity contribution is 7.89. The van der Waals surface area contributed by atoms with Gasteiger partial charge in [0.2, 0.25) is 15.9 Å². The second kappa shape index (κ2) is 9.92. The van der Waals surface area contributed by atoms with Crippen molar-refractivity contribution in [2.24, 2.45) is 0 Å². The van der Waals surface area contributed by atoms with Gasteiger partial charge in [0.1, 0.15) is 12.0 Å². The molecule has 0 spiro atoms. The van der Waals surface area contributed by atoms with Crippen LogP contribution in [0.25, 0.3) is 11.1 Å². The highest BCUT2D eigenvalue weighted by Gasteiger charge is 2.46.